The Morgan fingerprint density at radius 2 is 2.27 bits per heavy atom. The molecule has 0 aliphatic carbocycles. The fourth-order valence-corrected chi connectivity index (χ4v) is 1.42. The fourth-order valence-electron chi connectivity index (χ4n) is 1.42. The molecule has 3 N–H and O–H groups in total. The van der Waals surface area contributed by atoms with E-state index < -0.39 is 11.0 Å². The minimum Gasteiger partial charge on any atom is -0.388 e. The van der Waals surface area contributed by atoms with Gasteiger partial charge in [0.15, 0.2) is 0 Å². The van der Waals surface area contributed by atoms with Gasteiger partial charge < -0.3 is 10.8 Å². The van der Waals surface area contributed by atoms with Crippen LogP contribution < -0.4 is 5.73 Å². The molecule has 0 saturated carbocycles. The zero-order chi connectivity index (χ0) is 11.4. The number of nitro groups is 1. The third-order valence-electron chi connectivity index (χ3n) is 2.24. The van der Waals surface area contributed by atoms with Crippen LogP contribution in [0.1, 0.15) is 23.7 Å². The van der Waals surface area contributed by atoms with Crippen molar-refractivity contribution in [1.82, 2.24) is 0 Å². The van der Waals surface area contributed by atoms with Crippen LogP contribution in [0.4, 0.5) is 5.69 Å². The standard InChI is InChI=1S/C10H14N2O3/c1-7-6-8(10(13)4-5-11)2-3-9(7)12(14)15/h2-3,6,10,13H,4-5,11H2,1H3/t10-/m1/s1. The summed E-state index contributed by atoms with van der Waals surface area (Å²) >= 11 is 0. The predicted molar refractivity (Wildman–Crippen MR) is 56.5 cm³/mol. The van der Waals surface area contributed by atoms with Gasteiger partial charge in [-0.15, -0.1) is 0 Å². The van der Waals surface area contributed by atoms with Crippen LogP contribution in [0, 0.1) is 17.0 Å². The average molecular weight is 210 g/mol. The molecule has 82 valence electrons. The third kappa shape index (κ3) is 2.74. The maximum Gasteiger partial charge on any atom is 0.272 e. The Balaban J connectivity index is 2.96. The van der Waals surface area contributed by atoms with E-state index in [1.165, 1.54) is 6.07 Å². The lowest BCUT2D eigenvalue weighted by molar-refractivity contribution is -0.385. The van der Waals surface area contributed by atoms with Gasteiger partial charge in [0.2, 0.25) is 0 Å². The molecule has 1 aromatic rings. The molecule has 0 amide bonds. The molecule has 0 unspecified atom stereocenters. The van der Waals surface area contributed by atoms with Gasteiger partial charge in [0.25, 0.3) is 5.69 Å². The van der Waals surface area contributed by atoms with Crippen LogP contribution in [-0.4, -0.2) is 16.6 Å². The first-order valence-electron chi connectivity index (χ1n) is 4.69. The second-order valence-electron chi connectivity index (χ2n) is 3.40. The van der Waals surface area contributed by atoms with E-state index in [0.717, 1.165) is 0 Å². The highest BCUT2D eigenvalue weighted by Crippen LogP contribution is 2.23. The Kier molecular flexibility index (Phi) is 3.76. The number of aliphatic hydroxyl groups is 1. The summed E-state index contributed by atoms with van der Waals surface area (Å²) in [5.74, 6) is 0. The van der Waals surface area contributed by atoms with Crippen LogP contribution >= 0.6 is 0 Å². The molecule has 5 nitrogen and oxygen atoms in total. The number of nitrogens with zero attached hydrogens (tertiary/aromatic N) is 1. The number of hydrogen-bond donors (Lipinski definition) is 2. The maximum atomic E-state index is 10.6. The van der Waals surface area contributed by atoms with Crippen molar-refractivity contribution in [3.05, 3.63) is 39.4 Å². The highest BCUT2D eigenvalue weighted by atomic mass is 16.6. The van der Waals surface area contributed by atoms with E-state index in [4.69, 9.17) is 5.73 Å². The number of nitrogens with two attached hydrogens (primary N) is 1. The molecule has 1 rings (SSSR count). The summed E-state index contributed by atoms with van der Waals surface area (Å²) in [4.78, 5) is 10.1. The van der Waals surface area contributed by atoms with Crippen molar-refractivity contribution < 1.29 is 10.0 Å². The lowest BCUT2D eigenvalue weighted by atomic mass is 10.0. The minimum absolute atomic E-state index is 0.0682. The lowest BCUT2D eigenvalue weighted by Gasteiger charge is -2.10. The molecule has 0 heterocycles. The van der Waals surface area contributed by atoms with Crippen molar-refractivity contribution in [1.29, 1.82) is 0 Å². The Bertz CT molecular complexity index is 366. The lowest BCUT2D eigenvalue weighted by Crippen LogP contribution is -2.07. The van der Waals surface area contributed by atoms with E-state index in [1.54, 1.807) is 19.1 Å². The molecule has 0 aromatic heterocycles. The second kappa shape index (κ2) is 4.86. The van der Waals surface area contributed by atoms with Crippen LogP contribution in [-0.2, 0) is 0 Å². The number of aliphatic hydroxyl groups excluding tert-OH is 1. The average Bonchev–Trinajstić information content (AvgIpc) is 2.17. The summed E-state index contributed by atoms with van der Waals surface area (Å²) in [6, 6.07) is 4.59. The van der Waals surface area contributed by atoms with E-state index in [1.807, 2.05) is 0 Å². The van der Waals surface area contributed by atoms with Crippen molar-refractivity contribution in [3.8, 4) is 0 Å². The van der Waals surface area contributed by atoms with Crippen molar-refractivity contribution >= 4 is 5.69 Å². The third-order valence-corrected chi connectivity index (χ3v) is 2.24. The first-order chi connectivity index (χ1) is 7.06. The summed E-state index contributed by atoms with van der Waals surface area (Å²) in [5.41, 5.74) is 6.60. The topological polar surface area (TPSA) is 89.4 Å². The number of nitro benzene ring substituents is 1. The van der Waals surface area contributed by atoms with Gasteiger partial charge in [-0.3, -0.25) is 10.1 Å². The van der Waals surface area contributed by atoms with Crippen molar-refractivity contribution in [3.63, 3.8) is 0 Å². The van der Waals surface area contributed by atoms with Gasteiger partial charge in [0.05, 0.1) is 11.0 Å². The molecule has 1 atom stereocenters. The van der Waals surface area contributed by atoms with Gasteiger partial charge in [-0.25, -0.2) is 0 Å². The Hall–Kier alpha value is -1.46. The van der Waals surface area contributed by atoms with Gasteiger partial charge in [-0.2, -0.15) is 0 Å². The van der Waals surface area contributed by atoms with E-state index in [0.29, 0.717) is 24.1 Å². The number of benzene rings is 1. The van der Waals surface area contributed by atoms with Gasteiger partial charge in [-0.1, -0.05) is 0 Å². The first kappa shape index (κ1) is 11.6. The second-order valence-corrected chi connectivity index (χ2v) is 3.40. The van der Waals surface area contributed by atoms with Gasteiger partial charge >= 0.3 is 0 Å². The number of rotatable bonds is 4. The quantitative estimate of drug-likeness (QED) is 0.578. The molecule has 0 fully saturated rings. The predicted octanol–water partition coefficient (Wildman–Crippen LogP) is 1.29. The fraction of sp³-hybridized carbons (Fsp3) is 0.400. The number of aryl methyl sites for hydroxylation is 1. The molecule has 0 saturated heterocycles. The van der Waals surface area contributed by atoms with Crippen molar-refractivity contribution in [2.75, 3.05) is 6.54 Å². The molecular formula is C10H14N2O3. The molecule has 0 aliphatic heterocycles. The highest BCUT2D eigenvalue weighted by Gasteiger charge is 2.13. The molecule has 15 heavy (non-hydrogen) atoms. The Morgan fingerprint density at radius 1 is 1.60 bits per heavy atom. The summed E-state index contributed by atoms with van der Waals surface area (Å²) in [6.07, 6.45) is -0.188. The molecular weight excluding hydrogens is 196 g/mol. The van der Waals surface area contributed by atoms with E-state index in [2.05, 4.69) is 0 Å². The molecule has 5 heteroatoms. The molecule has 0 bridgehead atoms. The maximum absolute atomic E-state index is 10.6. The smallest absolute Gasteiger partial charge is 0.272 e. The van der Waals surface area contributed by atoms with Crippen LogP contribution in [0.2, 0.25) is 0 Å². The van der Waals surface area contributed by atoms with Gasteiger partial charge in [0.1, 0.15) is 0 Å². The Morgan fingerprint density at radius 3 is 2.73 bits per heavy atom. The molecule has 1 aromatic carbocycles. The monoisotopic (exact) mass is 210 g/mol. The first-order valence-corrected chi connectivity index (χ1v) is 4.69. The van der Waals surface area contributed by atoms with E-state index in [-0.39, 0.29) is 5.69 Å². The Labute approximate surface area is 87.7 Å². The van der Waals surface area contributed by atoms with E-state index >= 15 is 0 Å². The van der Waals surface area contributed by atoms with Crippen LogP contribution in [0.5, 0.6) is 0 Å². The zero-order valence-electron chi connectivity index (χ0n) is 8.51. The van der Waals surface area contributed by atoms with Crippen molar-refractivity contribution in [2.24, 2.45) is 5.73 Å². The zero-order valence-corrected chi connectivity index (χ0v) is 8.51. The summed E-state index contributed by atoms with van der Waals surface area (Å²) in [5, 5.41) is 20.2. The summed E-state index contributed by atoms with van der Waals surface area (Å²) in [7, 11) is 0. The normalized spacial score (nSPS) is 12.5. The number of hydrogen-bond acceptors (Lipinski definition) is 4. The molecule has 0 spiro atoms. The molecule has 0 radical (unpaired) electrons. The van der Waals surface area contributed by atoms with Crippen LogP contribution in [0.3, 0.4) is 0 Å². The SMILES string of the molecule is Cc1cc([C@H](O)CCN)ccc1[N+](=O)[O-]. The largest absolute Gasteiger partial charge is 0.388 e. The van der Waals surface area contributed by atoms with E-state index in [9.17, 15) is 15.2 Å². The van der Waals surface area contributed by atoms with Crippen molar-refractivity contribution in [2.45, 2.75) is 19.4 Å². The van der Waals surface area contributed by atoms with Gasteiger partial charge in [0, 0.05) is 11.6 Å². The summed E-state index contributed by atoms with van der Waals surface area (Å²) < 4.78 is 0. The highest BCUT2D eigenvalue weighted by molar-refractivity contribution is 5.42. The van der Waals surface area contributed by atoms with Crippen LogP contribution in [0.25, 0.3) is 0 Å². The minimum atomic E-state index is -0.644. The van der Waals surface area contributed by atoms with Crippen LogP contribution in [0.15, 0.2) is 18.2 Å². The van der Waals surface area contributed by atoms with Gasteiger partial charge in [-0.05, 0) is 37.6 Å². The molecule has 0 aliphatic rings. The summed E-state index contributed by atoms with van der Waals surface area (Å²) in [6.45, 7) is 2.04.